The average Bonchev–Trinajstić information content (AvgIpc) is 2.39. The summed E-state index contributed by atoms with van der Waals surface area (Å²) in [6.45, 7) is 6.70. The van der Waals surface area contributed by atoms with Gasteiger partial charge in [0.1, 0.15) is 10.8 Å². The number of nitrogens with zero attached hydrogens (tertiary/aromatic N) is 3. The predicted molar refractivity (Wildman–Crippen MR) is 73.3 cm³/mol. The highest BCUT2D eigenvalue weighted by molar-refractivity contribution is 6.32. The molecule has 0 saturated carbocycles. The molecular weight excluding hydrogens is 250 g/mol. The number of rotatable bonds is 4. The molecule has 0 amide bonds. The van der Waals surface area contributed by atoms with E-state index >= 15 is 0 Å². The van der Waals surface area contributed by atoms with Crippen molar-refractivity contribution in [3.8, 4) is 0 Å². The van der Waals surface area contributed by atoms with E-state index in [0.717, 1.165) is 50.6 Å². The SMILES string of the molecule is CCCOC1CCCN(c2nc(C)ncc2Cl)C1. The first-order valence-electron chi connectivity index (χ1n) is 6.56. The largest absolute Gasteiger partial charge is 0.376 e. The topological polar surface area (TPSA) is 38.2 Å². The molecule has 2 rings (SSSR count). The Kier molecular flexibility index (Phi) is 4.78. The maximum atomic E-state index is 6.17. The van der Waals surface area contributed by atoms with Crippen LogP contribution in [-0.2, 0) is 4.74 Å². The van der Waals surface area contributed by atoms with Gasteiger partial charge in [-0.25, -0.2) is 9.97 Å². The molecule has 1 aliphatic heterocycles. The smallest absolute Gasteiger partial charge is 0.151 e. The van der Waals surface area contributed by atoms with Crippen LogP contribution in [0.1, 0.15) is 32.0 Å². The second-order valence-electron chi connectivity index (χ2n) is 4.67. The zero-order valence-electron chi connectivity index (χ0n) is 11.0. The van der Waals surface area contributed by atoms with Gasteiger partial charge in [-0.2, -0.15) is 0 Å². The van der Waals surface area contributed by atoms with Crippen molar-refractivity contribution >= 4 is 17.4 Å². The van der Waals surface area contributed by atoms with Crippen molar-refractivity contribution in [3.05, 3.63) is 17.0 Å². The molecule has 4 nitrogen and oxygen atoms in total. The molecule has 1 unspecified atom stereocenters. The molecule has 1 atom stereocenters. The van der Waals surface area contributed by atoms with E-state index in [4.69, 9.17) is 16.3 Å². The van der Waals surface area contributed by atoms with Gasteiger partial charge in [0.25, 0.3) is 0 Å². The Balaban J connectivity index is 2.05. The average molecular weight is 270 g/mol. The fourth-order valence-corrected chi connectivity index (χ4v) is 2.43. The minimum atomic E-state index is 0.296. The van der Waals surface area contributed by atoms with Crippen LogP contribution in [0.25, 0.3) is 0 Å². The van der Waals surface area contributed by atoms with Crippen molar-refractivity contribution < 1.29 is 4.74 Å². The van der Waals surface area contributed by atoms with E-state index in [1.807, 2.05) is 6.92 Å². The van der Waals surface area contributed by atoms with Crippen LogP contribution in [0.15, 0.2) is 6.20 Å². The second-order valence-corrected chi connectivity index (χ2v) is 5.08. The molecule has 1 aromatic heterocycles. The van der Waals surface area contributed by atoms with Crippen molar-refractivity contribution in [1.29, 1.82) is 0 Å². The van der Waals surface area contributed by atoms with Crippen molar-refractivity contribution in [2.24, 2.45) is 0 Å². The van der Waals surface area contributed by atoms with Crippen LogP contribution < -0.4 is 4.90 Å². The van der Waals surface area contributed by atoms with Crippen LogP contribution >= 0.6 is 11.6 Å². The minimum absolute atomic E-state index is 0.296. The molecule has 1 fully saturated rings. The molecule has 0 bridgehead atoms. The molecule has 5 heteroatoms. The number of hydrogen-bond donors (Lipinski definition) is 0. The van der Waals surface area contributed by atoms with E-state index in [0.29, 0.717) is 11.1 Å². The minimum Gasteiger partial charge on any atom is -0.376 e. The molecule has 0 N–H and O–H groups in total. The summed E-state index contributed by atoms with van der Waals surface area (Å²) in [6, 6.07) is 0. The van der Waals surface area contributed by atoms with Crippen LogP contribution in [-0.4, -0.2) is 35.8 Å². The van der Waals surface area contributed by atoms with Gasteiger partial charge in [0.15, 0.2) is 5.82 Å². The summed E-state index contributed by atoms with van der Waals surface area (Å²) in [5.41, 5.74) is 0. The molecule has 2 heterocycles. The lowest BCUT2D eigenvalue weighted by Gasteiger charge is -2.33. The maximum absolute atomic E-state index is 6.17. The van der Waals surface area contributed by atoms with Crippen LogP contribution in [0.2, 0.25) is 5.02 Å². The second kappa shape index (κ2) is 6.34. The zero-order chi connectivity index (χ0) is 13.0. The highest BCUT2D eigenvalue weighted by Gasteiger charge is 2.23. The molecule has 1 saturated heterocycles. The van der Waals surface area contributed by atoms with Gasteiger partial charge in [-0.05, 0) is 26.2 Å². The summed E-state index contributed by atoms with van der Waals surface area (Å²) in [7, 11) is 0. The number of halogens is 1. The fourth-order valence-electron chi connectivity index (χ4n) is 2.22. The summed E-state index contributed by atoms with van der Waals surface area (Å²) < 4.78 is 5.83. The van der Waals surface area contributed by atoms with Gasteiger partial charge in [0.2, 0.25) is 0 Å². The third-order valence-electron chi connectivity index (χ3n) is 3.08. The summed E-state index contributed by atoms with van der Waals surface area (Å²) >= 11 is 6.17. The Morgan fingerprint density at radius 2 is 2.39 bits per heavy atom. The number of hydrogen-bond acceptors (Lipinski definition) is 4. The maximum Gasteiger partial charge on any atom is 0.151 e. The highest BCUT2D eigenvalue weighted by Crippen LogP contribution is 2.26. The van der Waals surface area contributed by atoms with Crippen LogP contribution in [0.5, 0.6) is 0 Å². The summed E-state index contributed by atoms with van der Waals surface area (Å²) in [5, 5.41) is 0.622. The first-order valence-corrected chi connectivity index (χ1v) is 6.94. The van der Waals surface area contributed by atoms with Crippen molar-refractivity contribution in [3.63, 3.8) is 0 Å². The zero-order valence-corrected chi connectivity index (χ0v) is 11.8. The number of aromatic nitrogens is 2. The van der Waals surface area contributed by atoms with Crippen LogP contribution in [0, 0.1) is 6.92 Å². The molecular formula is C13H20ClN3O. The quantitative estimate of drug-likeness (QED) is 0.843. The first-order chi connectivity index (χ1) is 8.70. The standard InChI is InChI=1S/C13H20ClN3O/c1-3-7-18-11-5-4-6-17(9-11)13-12(14)8-15-10(2)16-13/h8,11H,3-7,9H2,1-2H3. The van der Waals surface area contributed by atoms with Gasteiger partial charge in [0.05, 0.1) is 12.3 Å². The Hall–Kier alpha value is -0.870. The number of piperidine rings is 1. The van der Waals surface area contributed by atoms with Crippen LogP contribution in [0.3, 0.4) is 0 Å². The molecule has 0 aliphatic carbocycles. The number of ether oxygens (including phenoxy) is 1. The fraction of sp³-hybridized carbons (Fsp3) is 0.692. The van der Waals surface area contributed by atoms with Gasteiger partial charge in [-0.15, -0.1) is 0 Å². The Morgan fingerprint density at radius 1 is 1.56 bits per heavy atom. The molecule has 0 aromatic carbocycles. The normalized spacial score (nSPS) is 20.2. The van der Waals surface area contributed by atoms with E-state index in [9.17, 15) is 0 Å². The van der Waals surface area contributed by atoms with Crippen molar-refractivity contribution in [2.75, 3.05) is 24.6 Å². The Labute approximate surface area is 113 Å². The third-order valence-corrected chi connectivity index (χ3v) is 3.35. The summed E-state index contributed by atoms with van der Waals surface area (Å²) in [4.78, 5) is 10.7. The molecule has 1 aromatic rings. The first kappa shape index (κ1) is 13.6. The van der Waals surface area contributed by atoms with Crippen molar-refractivity contribution in [1.82, 2.24) is 9.97 Å². The molecule has 18 heavy (non-hydrogen) atoms. The molecule has 0 spiro atoms. The van der Waals surface area contributed by atoms with Gasteiger partial charge in [0, 0.05) is 19.7 Å². The van der Waals surface area contributed by atoms with Gasteiger partial charge in [-0.1, -0.05) is 18.5 Å². The lowest BCUT2D eigenvalue weighted by atomic mass is 10.1. The lowest BCUT2D eigenvalue weighted by molar-refractivity contribution is 0.0439. The number of aryl methyl sites for hydroxylation is 1. The predicted octanol–water partition coefficient (Wildman–Crippen LogP) is 2.83. The molecule has 0 radical (unpaired) electrons. The van der Waals surface area contributed by atoms with Crippen LogP contribution in [0.4, 0.5) is 5.82 Å². The van der Waals surface area contributed by atoms with Gasteiger partial charge < -0.3 is 9.64 Å². The van der Waals surface area contributed by atoms with Gasteiger partial charge in [-0.3, -0.25) is 0 Å². The summed E-state index contributed by atoms with van der Waals surface area (Å²) in [5.74, 6) is 1.60. The van der Waals surface area contributed by atoms with E-state index in [-0.39, 0.29) is 0 Å². The molecule has 1 aliphatic rings. The third kappa shape index (κ3) is 3.33. The van der Waals surface area contributed by atoms with Crippen molar-refractivity contribution in [2.45, 2.75) is 39.2 Å². The molecule has 100 valence electrons. The van der Waals surface area contributed by atoms with Gasteiger partial charge >= 0.3 is 0 Å². The Bertz CT molecular complexity index is 400. The number of anilines is 1. The van der Waals surface area contributed by atoms with E-state index in [2.05, 4.69) is 21.8 Å². The van der Waals surface area contributed by atoms with E-state index < -0.39 is 0 Å². The lowest BCUT2D eigenvalue weighted by Crippen LogP contribution is -2.40. The summed E-state index contributed by atoms with van der Waals surface area (Å²) in [6.07, 6.45) is 5.27. The highest BCUT2D eigenvalue weighted by atomic mass is 35.5. The van der Waals surface area contributed by atoms with E-state index in [1.54, 1.807) is 6.20 Å². The Morgan fingerprint density at radius 3 is 3.17 bits per heavy atom. The van der Waals surface area contributed by atoms with E-state index in [1.165, 1.54) is 0 Å². The monoisotopic (exact) mass is 269 g/mol.